The van der Waals surface area contributed by atoms with Crippen molar-refractivity contribution in [3.05, 3.63) is 0 Å². The molecule has 10 heavy (non-hydrogen) atoms. The van der Waals surface area contributed by atoms with Gasteiger partial charge in [0, 0.05) is 6.04 Å². The minimum absolute atomic E-state index is 0.149. The molecule has 0 heterocycles. The Balaban J connectivity index is 3.87. The molecule has 62 valence electrons. The van der Waals surface area contributed by atoms with Crippen LogP contribution >= 0.6 is 0 Å². The summed E-state index contributed by atoms with van der Waals surface area (Å²) in [4.78, 5) is 0. The Morgan fingerprint density at radius 3 is 1.80 bits per heavy atom. The summed E-state index contributed by atoms with van der Waals surface area (Å²) in [6, 6.07) is 0.292. The molecule has 0 saturated carbocycles. The quantitative estimate of drug-likeness (QED) is 0.656. The van der Waals surface area contributed by atoms with Gasteiger partial charge in [0.25, 0.3) is 0 Å². The van der Waals surface area contributed by atoms with E-state index in [2.05, 4.69) is 4.72 Å². The van der Waals surface area contributed by atoms with Gasteiger partial charge in [-0.25, -0.2) is 8.93 Å². The molecule has 0 amide bonds. The molecule has 0 aliphatic carbocycles. The highest BCUT2D eigenvalue weighted by Gasteiger charge is 2.19. The topological polar surface area (TPSA) is 29.1 Å². The monoisotopic (exact) mass is 163 g/mol. The van der Waals surface area contributed by atoms with Crippen LogP contribution in [0.25, 0.3) is 0 Å². The van der Waals surface area contributed by atoms with Crippen molar-refractivity contribution >= 4 is 11.0 Å². The maximum absolute atomic E-state index is 11.3. The zero-order valence-electron chi connectivity index (χ0n) is 7.39. The van der Waals surface area contributed by atoms with Gasteiger partial charge in [-0.3, -0.25) is 0 Å². The SMILES string of the molecule is CC(C)N[S@](=O)C(C)(C)C. The molecule has 0 aliphatic heterocycles. The van der Waals surface area contributed by atoms with Crippen LogP contribution in [0.3, 0.4) is 0 Å². The van der Waals surface area contributed by atoms with Gasteiger partial charge in [-0.05, 0) is 34.6 Å². The summed E-state index contributed by atoms with van der Waals surface area (Å²) >= 11 is 0. The summed E-state index contributed by atoms with van der Waals surface area (Å²) in [5.74, 6) is 0. The van der Waals surface area contributed by atoms with Crippen LogP contribution in [0.1, 0.15) is 34.6 Å². The molecule has 1 N–H and O–H groups in total. The molecular weight excluding hydrogens is 146 g/mol. The summed E-state index contributed by atoms with van der Waals surface area (Å²) in [7, 11) is -0.917. The number of nitrogens with one attached hydrogen (secondary N) is 1. The zero-order valence-corrected chi connectivity index (χ0v) is 8.21. The Kier molecular flexibility index (Phi) is 3.52. The highest BCUT2D eigenvalue weighted by Crippen LogP contribution is 2.08. The fraction of sp³-hybridized carbons (Fsp3) is 1.00. The van der Waals surface area contributed by atoms with Gasteiger partial charge >= 0.3 is 0 Å². The molecule has 0 aromatic heterocycles. The van der Waals surface area contributed by atoms with E-state index in [0.717, 1.165) is 0 Å². The molecular formula is C7H17NOS. The molecule has 0 aromatic rings. The average Bonchev–Trinajstić information content (AvgIpc) is 1.60. The van der Waals surface area contributed by atoms with Crippen LogP contribution in [0.5, 0.6) is 0 Å². The lowest BCUT2D eigenvalue weighted by Crippen LogP contribution is -2.37. The van der Waals surface area contributed by atoms with Gasteiger partial charge in [0.05, 0.1) is 15.7 Å². The van der Waals surface area contributed by atoms with E-state index in [0.29, 0.717) is 6.04 Å². The maximum Gasteiger partial charge on any atom is 0.0972 e. The molecule has 0 unspecified atom stereocenters. The van der Waals surface area contributed by atoms with Crippen LogP contribution in [0.15, 0.2) is 0 Å². The lowest BCUT2D eigenvalue weighted by Gasteiger charge is -2.19. The summed E-state index contributed by atoms with van der Waals surface area (Å²) in [6.45, 7) is 9.85. The lowest BCUT2D eigenvalue weighted by atomic mass is 10.3. The van der Waals surface area contributed by atoms with E-state index in [-0.39, 0.29) is 4.75 Å². The van der Waals surface area contributed by atoms with E-state index < -0.39 is 11.0 Å². The molecule has 1 atom stereocenters. The molecule has 2 nitrogen and oxygen atoms in total. The lowest BCUT2D eigenvalue weighted by molar-refractivity contribution is 0.620. The normalized spacial score (nSPS) is 15.8. The molecule has 0 saturated heterocycles. The highest BCUT2D eigenvalue weighted by molar-refractivity contribution is 7.84. The Morgan fingerprint density at radius 2 is 1.70 bits per heavy atom. The highest BCUT2D eigenvalue weighted by atomic mass is 32.2. The van der Waals surface area contributed by atoms with Crippen LogP contribution in [0, 0.1) is 0 Å². The maximum atomic E-state index is 11.3. The van der Waals surface area contributed by atoms with E-state index in [1.54, 1.807) is 0 Å². The van der Waals surface area contributed by atoms with Gasteiger partial charge in [-0.1, -0.05) is 0 Å². The predicted octanol–water partition coefficient (Wildman–Crippen LogP) is 1.45. The molecule has 0 fully saturated rings. The second-order valence-electron chi connectivity index (χ2n) is 3.65. The third-order valence-electron chi connectivity index (χ3n) is 0.899. The first-order valence-electron chi connectivity index (χ1n) is 3.52. The van der Waals surface area contributed by atoms with Gasteiger partial charge in [0.15, 0.2) is 0 Å². The first-order chi connectivity index (χ1) is 4.34. The smallest absolute Gasteiger partial charge is 0.0972 e. The summed E-state index contributed by atoms with van der Waals surface area (Å²) in [6.07, 6.45) is 0. The second kappa shape index (κ2) is 3.49. The van der Waals surface area contributed by atoms with Crippen LogP contribution in [0.2, 0.25) is 0 Å². The van der Waals surface area contributed by atoms with Crippen LogP contribution in [-0.4, -0.2) is 15.0 Å². The average molecular weight is 163 g/mol. The summed E-state index contributed by atoms with van der Waals surface area (Å²) < 4.78 is 14.1. The standard InChI is InChI=1S/C7H17NOS/c1-6(2)8-10(9)7(3,4)5/h6,8H,1-5H3/t10-/m1/s1. The van der Waals surface area contributed by atoms with E-state index in [9.17, 15) is 4.21 Å². The van der Waals surface area contributed by atoms with E-state index in [4.69, 9.17) is 0 Å². The fourth-order valence-corrected chi connectivity index (χ4v) is 1.17. The Bertz CT molecular complexity index is 126. The second-order valence-corrected chi connectivity index (χ2v) is 5.65. The molecule has 0 aliphatic rings. The summed E-state index contributed by atoms with van der Waals surface area (Å²) in [5, 5.41) is 0. The Labute approximate surface area is 66.0 Å². The zero-order chi connectivity index (χ0) is 8.36. The van der Waals surface area contributed by atoms with Crippen molar-refractivity contribution in [2.24, 2.45) is 0 Å². The minimum Gasteiger partial charge on any atom is -0.242 e. The Hall–Kier alpha value is 0.110. The molecule has 3 heteroatoms. The molecule has 0 aromatic carbocycles. The van der Waals surface area contributed by atoms with Crippen molar-refractivity contribution in [3.8, 4) is 0 Å². The van der Waals surface area contributed by atoms with E-state index in [1.807, 2.05) is 34.6 Å². The van der Waals surface area contributed by atoms with Crippen molar-refractivity contribution in [2.75, 3.05) is 0 Å². The number of hydrogen-bond acceptors (Lipinski definition) is 1. The molecule has 0 radical (unpaired) electrons. The minimum atomic E-state index is -0.917. The van der Waals surface area contributed by atoms with Crippen LogP contribution in [-0.2, 0) is 11.0 Å². The fourth-order valence-electron chi connectivity index (χ4n) is 0.391. The van der Waals surface area contributed by atoms with Crippen molar-refractivity contribution in [1.82, 2.24) is 4.72 Å². The third kappa shape index (κ3) is 4.01. The van der Waals surface area contributed by atoms with Crippen LogP contribution in [0.4, 0.5) is 0 Å². The van der Waals surface area contributed by atoms with Gasteiger partial charge in [0.2, 0.25) is 0 Å². The van der Waals surface area contributed by atoms with Crippen molar-refractivity contribution in [3.63, 3.8) is 0 Å². The van der Waals surface area contributed by atoms with E-state index >= 15 is 0 Å². The Morgan fingerprint density at radius 1 is 1.30 bits per heavy atom. The van der Waals surface area contributed by atoms with Gasteiger partial charge in [0.1, 0.15) is 0 Å². The molecule has 0 rings (SSSR count). The first kappa shape index (κ1) is 10.1. The number of rotatable bonds is 2. The summed E-state index contributed by atoms with van der Waals surface area (Å²) in [5.41, 5.74) is 0. The van der Waals surface area contributed by atoms with Crippen molar-refractivity contribution in [1.29, 1.82) is 0 Å². The van der Waals surface area contributed by atoms with Crippen molar-refractivity contribution < 1.29 is 4.21 Å². The van der Waals surface area contributed by atoms with Gasteiger partial charge in [-0.15, -0.1) is 0 Å². The number of hydrogen-bond donors (Lipinski definition) is 1. The van der Waals surface area contributed by atoms with Crippen molar-refractivity contribution in [2.45, 2.75) is 45.4 Å². The van der Waals surface area contributed by atoms with E-state index in [1.165, 1.54) is 0 Å². The molecule has 0 spiro atoms. The van der Waals surface area contributed by atoms with Crippen LogP contribution < -0.4 is 4.72 Å². The van der Waals surface area contributed by atoms with Gasteiger partial charge in [-0.2, -0.15) is 0 Å². The first-order valence-corrected chi connectivity index (χ1v) is 4.67. The predicted molar refractivity (Wildman–Crippen MR) is 46.2 cm³/mol. The molecule has 0 bridgehead atoms. The largest absolute Gasteiger partial charge is 0.242 e. The third-order valence-corrected chi connectivity index (χ3v) is 2.70. The van der Waals surface area contributed by atoms with Gasteiger partial charge < -0.3 is 0 Å².